The number of carbonyl (C=O) groups is 1. The van der Waals surface area contributed by atoms with Gasteiger partial charge in [-0.3, -0.25) is 0 Å². The largest absolute Gasteiger partial charge is 0.444 e. The standard InChI is InChI=1S/C16H32N2O4/c1-6-12(11-14(19)21-5)17-13-7-9-18(10-8-13)15(20)22-16(2,3)4/h12-14,17,19H,6-11H2,1-5H3. The Bertz CT molecular complexity index is 336. The highest BCUT2D eigenvalue weighted by atomic mass is 16.6. The number of amides is 1. The Hall–Kier alpha value is -0.850. The van der Waals surface area contributed by atoms with Crippen LogP contribution in [0.4, 0.5) is 4.79 Å². The van der Waals surface area contributed by atoms with Gasteiger partial charge in [0.25, 0.3) is 0 Å². The van der Waals surface area contributed by atoms with Gasteiger partial charge in [0.15, 0.2) is 6.29 Å². The summed E-state index contributed by atoms with van der Waals surface area (Å²) in [4.78, 5) is 13.8. The molecular formula is C16H32N2O4. The van der Waals surface area contributed by atoms with Crippen LogP contribution in [0.3, 0.4) is 0 Å². The van der Waals surface area contributed by atoms with Gasteiger partial charge in [0.2, 0.25) is 0 Å². The van der Waals surface area contributed by atoms with E-state index in [0.29, 0.717) is 25.6 Å². The summed E-state index contributed by atoms with van der Waals surface area (Å²) in [7, 11) is 1.51. The lowest BCUT2D eigenvalue weighted by molar-refractivity contribution is -0.0842. The summed E-state index contributed by atoms with van der Waals surface area (Å²) in [6.45, 7) is 9.14. The molecule has 2 unspecified atom stereocenters. The molecule has 0 radical (unpaired) electrons. The molecule has 0 saturated carbocycles. The van der Waals surface area contributed by atoms with Gasteiger partial charge in [0, 0.05) is 38.7 Å². The molecule has 0 aromatic rings. The van der Waals surface area contributed by atoms with Crippen LogP contribution in [-0.4, -0.2) is 60.3 Å². The van der Waals surface area contributed by atoms with Crippen LogP contribution in [0.25, 0.3) is 0 Å². The topological polar surface area (TPSA) is 71.0 Å². The van der Waals surface area contributed by atoms with E-state index in [4.69, 9.17) is 9.47 Å². The highest BCUT2D eigenvalue weighted by molar-refractivity contribution is 5.68. The van der Waals surface area contributed by atoms with E-state index in [9.17, 15) is 9.90 Å². The van der Waals surface area contributed by atoms with Gasteiger partial charge in [0.05, 0.1) is 0 Å². The Kier molecular flexibility index (Phi) is 7.59. The molecule has 1 aliphatic heterocycles. The molecule has 1 rings (SSSR count). The second-order valence-electron chi connectivity index (χ2n) is 6.94. The highest BCUT2D eigenvalue weighted by Gasteiger charge is 2.27. The van der Waals surface area contributed by atoms with Gasteiger partial charge >= 0.3 is 6.09 Å². The average molecular weight is 316 g/mol. The Labute approximate surface area is 134 Å². The van der Waals surface area contributed by atoms with Gasteiger partial charge in [-0.2, -0.15) is 0 Å². The van der Waals surface area contributed by atoms with Crippen molar-refractivity contribution in [1.29, 1.82) is 0 Å². The minimum absolute atomic E-state index is 0.229. The van der Waals surface area contributed by atoms with Crippen LogP contribution in [0.15, 0.2) is 0 Å². The number of hydrogen-bond donors (Lipinski definition) is 2. The quantitative estimate of drug-likeness (QED) is 0.734. The third kappa shape index (κ3) is 6.94. The second kappa shape index (κ2) is 8.70. The smallest absolute Gasteiger partial charge is 0.410 e. The normalized spacial score (nSPS) is 19.8. The molecule has 1 heterocycles. The van der Waals surface area contributed by atoms with Gasteiger partial charge < -0.3 is 24.8 Å². The molecule has 1 aliphatic rings. The Morgan fingerprint density at radius 2 is 1.95 bits per heavy atom. The summed E-state index contributed by atoms with van der Waals surface area (Å²) in [5.74, 6) is 0. The van der Waals surface area contributed by atoms with Crippen LogP contribution < -0.4 is 5.32 Å². The van der Waals surface area contributed by atoms with E-state index in [2.05, 4.69) is 12.2 Å². The number of hydrogen-bond acceptors (Lipinski definition) is 5. The fraction of sp³-hybridized carbons (Fsp3) is 0.938. The molecular weight excluding hydrogens is 284 g/mol. The molecule has 130 valence electrons. The van der Waals surface area contributed by atoms with Gasteiger partial charge in [-0.25, -0.2) is 4.79 Å². The average Bonchev–Trinajstić information content (AvgIpc) is 2.45. The lowest BCUT2D eigenvalue weighted by Gasteiger charge is -2.35. The molecule has 2 atom stereocenters. The number of nitrogens with one attached hydrogen (secondary N) is 1. The number of ether oxygens (including phenoxy) is 2. The summed E-state index contributed by atoms with van der Waals surface area (Å²) < 4.78 is 10.3. The van der Waals surface area contributed by atoms with Crippen molar-refractivity contribution in [2.45, 2.75) is 77.4 Å². The first-order valence-corrected chi connectivity index (χ1v) is 8.20. The van der Waals surface area contributed by atoms with Gasteiger partial charge in [-0.1, -0.05) is 6.92 Å². The predicted molar refractivity (Wildman–Crippen MR) is 85.7 cm³/mol. The van der Waals surface area contributed by atoms with E-state index < -0.39 is 11.9 Å². The van der Waals surface area contributed by atoms with Crippen LogP contribution >= 0.6 is 0 Å². The van der Waals surface area contributed by atoms with E-state index in [1.54, 1.807) is 4.90 Å². The highest BCUT2D eigenvalue weighted by Crippen LogP contribution is 2.17. The van der Waals surface area contributed by atoms with Crippen LogP contribution in [0.1, 0.15) is 53.4 Å². The van der Waals surface area contributed by atoms with Gasteiger partial charge in [-0.15, -0.1) is 0 Å². The monoisotopic (exact) mass is 316 g/mol. The molecule has 1 saturated heterocycles. The molecule has 1 fully saturated rings. The first kappa shape index (κ1) is 19.2. The third-order valence-electron chi connectivity index (χ3n) is 3.87. The number of methoxy groups -OCH3 is 1. The number of aliphatic hydroxyl groups is 1. The summed E-state index contributed by atoms with van der Waals surface area (Å²) in [6.07, 6.45) is 2.37. The minimum atomic E-state index is -0.723. The van der Waals surface area contributed by atoms with E-state index in [-0.39, 0.29) is 12.1 Å². The minimum Gasteiger partial charge on any atom is -0.444 e. The number of carbonyl (C=O) groups excluding carboxylic acids is 1. The maximum Gasteiger partial charge on any atom is 0.410 e. The zero-order chi connectivity index (χ0) is 16.8. The molecule has 2 N–H and O–H groups in total. The van der Waals surface area contributed by atoms with E-state index in [1.165, 1.54) is 7.11 Å². The Morgan fingerprint density at radius 3 is 2.41 bits per heavy atom. The van der Waals surface area contributed by atoms with Crippen LogP contribution in [-0.2, 0) is 9.47 Å². The summed E-state index contributed by atoms with van der Waals surface area (Å²) >= 11 is 0. The fourth-order valence-electron chi connectivity index (χ4n) is 2.58. The molecule has 0 bridgehead atoms. The molecule has 0 aromatic heterocycles. The van der Waals surface area contributed by atoms with E-state index >= 15 is 0 Å². The summed E-state index contributed by atoms with van der Waals surface area (Å²) in [5, 5.41) is 13.1. The Morgan fingerprint density at radius 1 is 1.36 bits per heavy atom. The zero-order valence-corrected chi connectivity index (χ0v) is 14.6. The molecule has 6 nitrogen and oxygen atoms in total. The molecule has 0 aliphatic carbocycles. The number of rotatable bonds is 6. The molecule has 1 amide bonds. The van der Waals surface area contributed by atoms with Crippen LogP contribution in [0.5, 0.6) is 0 Å². The Balaban J connectivity index is 2.36. The first-order valence-electron chi connectivity index (χ1n) is 8.20. The van der Waals surface area contributed by atoms with Crippen molar-refractivity contribution >= 4 is 6.09 Å². The molecule has 0 spiro atoms. The fourth-order valence-corrected chi connectivity index (χ4v) is 2.58. The van der Waals surface area contributed by atoms with Crippen molar-refractivity contribution in [1.82, 2.24) is 10.2 Å². The lowest BCUT2D eigenvalue weighted by Crippen LogP contribution is -2.49. The van der Waals surface area contributed by atoms with Crippen molar-refractivity contribution in [2.75, 3.05) is 20.2 Å². The predicted octanol–water partition coefficient (Wildman–Crippen LogP) is 2.11. The lowest BCUT2D eigenvalue weighted by atomic mass is 10.0. The maximum atomic E-state index is 12.0. The summed E-state index contributed by atoms with van der Waals surface area (Å²) in [5.41, 5.74) is -0.449. The maximum absolute atomic E-state index is 12.0. The van der Waals surface area contributed by atoms with Crippen LogP contribution in [0.2, 0.25) is 0 Å². The van der Waals surface area contributed by atoms with Crippen molar-refractivity contribution in [3.8, 4) is 0 Å². The van der Waals surface area contributed by atoms with Gasteiger partial charge in [-0.05, 0) is 40.0 Å². The molecule has 22 heavy (non-hydrogen) atoms. The van der Waals surface area contributed by atoms with Crippen LogP contribution in [0, 0.1) is 0 Å². The summed E-state index contributed by atoms with van der Waals surface area (Å²) in [6, 6.07) is 0.598. The van der Waals surface area contributed by atoms with Crippen molar-refractivity contribution in [2.24, 2.45) is 0 Å². The third-order valence-corrected chi connectivity index (χ3v) is 3.87. The van der Waals surface area contributed by atoms with E-state index in [0.717, 1.165) is 19.3 Å². The van der Waals surface area contributed by atoms with Crippen molar-refractivity contribution < 1.29 is 19.4 Å². The SMILES string of the molecule is CCC(CC(O)OC)NC1CCN(C(=O)OC(C)(C)C)CC1. The number of likely N-dealkylation sites (tertiary alicyclic amines) is 1. The number of nitrogens with zero attached hydrogens (tertiary/aromatic N) is 1. The number of aliphatic hydroxyl groups excluding tert-OH is 1. The molecule has 6 heteroatoms. The molecule has 0 aromatic carbocycles. The van der Waals surface area contributed by atoms with Crippen molar-refractivity contribution in [3.05, 3.63) is 0 Å². The number of piperidine rings is 1. The van der Waals surface area contributed by atoms with E-state index in [1.807, 2.05) is 20.8 Å². The first-order chi connectivity index (χ1) is 10.2. The van der Waals surface area contributed by atoms with Crippen molar-refractivity contribution in [3.63, 3.8) is 0 Å². The second-order valence-corrected chi connectivity index (χ2v) is 6.94. The van der Waals surface area contributed by atoms with Gasteiger partial charge in [0.1, 0.15) is 5.60 Å². The zero-order valence-electron chi connectivity index (χ0n) is 14.6.